The Labute approximate surface area is 141 Å². The second-order valence-corrected chi connectivity index (χ2v) is 8.81. The lowest BCUT2D eigenvalue weighted by molar-refractivity contribution is 0.0938. The van der Waals surface area contributed by atoms with Gasteiger partial charge in [-0.15, -0.1) is 11.3 Å². The van der Waals surface area contributed by atoms with Crippen LogP contribution in [0.3, 0.4) is 0 Å². The number of hydrogen-bond acceptors (Lipinski definition) is 6. The highest BCUT2D eigenvalue weighted by Crippen LogP contribution is 2.12. The van der Waals surface area contributed by atoms with Gasteiger partial charge in [0, 0.05) is 17.1 Å². The monoisotopic (exact) mass is 369 g/mol. The molecule has 0 saturated carbocycles. The number of carbonyl (C=O) groups is 1. The van der Waals surface area contributed by atoms with Crippen molar-refractivity contribution in [1.29, 1.82) is 0 Å². The summed E-state index contributed by atoms with van der Waals surface area (Å²) in [5.74, 6) is -0.796. The van der Waals surface area contributed by atoms with Gasteiger partial charge in [-0.3, -0.25) is 14.2 Å². The quantitative estimate of drug-likeness (QED) is 0.758. The highest BCUT2D eigenvalue weighted by atomic mass is 32.2. The van der Waals surface area contributed by atoms with E-state index in [1.165, 1.54) is 11.3 Å². The first kappa shape index (κ1) is 16.7. The minimum absolute atomic E-state index is 0.0200. The van der Waals surface area contributed by atoms with E-state index in [1.54, 1.807) is 12.1 Å². The number of carbonyl (C=O) groups excluding carboxylic acids is 1. The van der Waals surface area contributed by atoms with E-state index in [1.807, 2.05) is 5.38 Å². The highest BCUT2D eigenvalue weighted by molar-refractivity contribution is 7.91. The van der Waals surface area contributed by atoms with Gasteiger partial charge in [0.05, 0.1) is 18.1 Å². The third-order valence-corrected chi connectivity index (χ3v) is 6.40. The first-order chi connectivity index (χ1) is 11.4. The molecule has 24 heavy (non-hydrogen) atoms. The highest BCUT2D eigenvalue weighted by Gasteiger charge is 2.29. The molecule has 0 bridgehead atoms. The first-order valence-corrected chi connectivity index (χ1v) is 9.92. The number of H-pyrrole nitrogens is 1. The summed E-state index contributed by atoms with van der Waals surface area (Å²) >= 11 is 1.40. The topological polar surface area (TPSA) is 118 Å². The molecule has 0 aromatic carbocycles. The van der Waals surface area contributed by atoms with Gasteiger partial charge in [-0.05, 0) is 17.9 Å². The van der Waals surface area contributed by atoms with Crippen molar-refractivity contribution in [1.82, 2.24) is 14.9 Å². The van der Waals surface area contributed by atoms with Gasteiger partial charge in [-0.2, -0.15) is 0 Å². The van der Waals surface area contributed by atoms with Crippen LogP contribution in [0.5, 0.6) is 0 Å². The molecule has 1 amide bonds. The predicted molar refractivity (Wildman–Crippen MR) is 89.3 cm³/mol. The van der Waals surface area contributed by atoms with Gasteiger partial charge in [0.2, 0.25) is 0 Å². The first-order valence-electron chi connectivity index (χ1n) is 7.22. The molecule has 8 nitrogen and oxygen atoms in total. The summed E-state index contributed by atoms with van der Waals surface area (Å²) in [7, 11) is -3.14. The maximum Gasteiger partial charge on any atom is 0.328 e. The van der Waals surface area contributed by atoms with Crippen LogP contribution in [-0.2, 0) is 16.4 Å². The Hall–Kier alpha value is -2.20. The lowest BCUT2D eigenvalue weighted by Gasteiger charge is -2.11. The van der Waals surface area contributed by atoms with Gasteiger partial charge in [-0.1, -0.05) is 6.07 Å². The summed E-state index contributed by atoms with van der Waals surface area (Å²) in [6.45, 7) is 0.0742. The van der Waals surface area contributed by atoms with E-state index in [-0.39, 0.29) is 23.6 Å². The molecule has 3 rings (SSSR count). The van der Waals surface area contributed by atoms with E-state index < -0.39 is 33.0 Å². The van der Waals surface area contributed by atoms with Gasteiger partial charge in [0.15, 0.2) is 9.84 Å². The number of hydrogen-bond donors (Lipinski definition) is 2. The number of aromatic nitrogens is 2. The average molecular weight is 369 g/mol. The minimum Gasteiger partial charge on any atom is -0.348 e. The fraction of sp³-hybridized carbons (Fsp3) is 0.357. The predicted octanol–water partition coefficient (Wildman–Crippen LogP) is -0.437. The molecule has 1 aliphatic rings. The molecular weight excluding hydrogens is 354 g/mol. The summed E-state index contributed by atoms with van der Waals surface area (Å²) in [5, 5.41) is 4.37. The molecule has 0 aliphatic carbocycles. The maximum atomic E-state index is 12.4. The smallest absolute Gasteiger partial charge is 0.328 e. The van der Waals surface area contributed by atoms with Gasteiger partial charge in [0.1, 0.15) is 5.56 Å². The molecule has 2 aromatic rings. The van der Waals surface area contributed by atoms with Crippen molar-refractivity contribution < 1.29 is 13.2 Å². The van der Waals surface area contributed by atoms with Crippen LogP contribution in [0.15, 0.2) is 33.3 Å². The molecule has 1 saturated heterocycles. The lowest BCUT2D eigenvalue weighted by Crippen LogP contribution is -2.43. The largest absolute Gasteiger partial charge is 0.348 e. The van der Waals surface area contributed by atoms with Gasteiger partial charge >= 0.3 is 5.69 Å². The van der Waals surface area contributed by atoms with Crippen molar-refractivity contribution >= 4 is 27.1 Å². The molecule has 1 unspecified atom stereocenters. The second kappa shape index (κ2) is 6.36. The Bertz CT molecular complexity index is 973. The van der Waals surface area contributed by atoms with Crippen molar-refractivity contribution in [3.8, 4) is 0 Å². The number of sulfone groups is 1. The van der Waals surface area contributed by atoms with Crippen molar-refractivity contribution in [2.24, 2.45) is 0 Å². The summed E-state index contributed by atoms with van der Waals surface area (Å²) in [6.07, 6.45) is 1.38. The lowest BCUT2D eigenvalue weighted by atomic mass is 10.2. The molecule has 1 fully saturated rings. The van der Waals surface area contributed by atoms with Crippen molar-refractivity contribution in [2.75, 3.05) is 11.5 Å². The van der Waals surface area contributed by atoms with Crippen LogP contribution in [0.1, 0.15) is 21.7 Å². The van der Waals surface area contributed by atoms with E-state index in [0.717, 1.165) is 15.6 Å². The van der Waals surface area contributed by atoms with E-state index in [9.17, 15) is 22.8 Å². The Morgan fingerprint density at radius 2 is 2.21 bits per heavy atom. The molecule has 10 heteroatoms. The zero-order chi connectivity index (χ0) is 17.3. The third-order valence-electron chi connectivity index (χ3n) is 3.77. The van der Waals surface area contributed by atoms with E-state index in [0.29, 0.717) is 6.42 Å². The third kappa shape index (κ3) is 3.49. The standard InChI is InChI=1S/C14H15N3O5S2/c18-12(16-9-3-5-24(21,22)8-9)11-6-15-14(20)17(13(11)19)7-10-2-1-4-23-10/h1-2,4,6,9H,3,5,7-8H2,(H,15,20)(H,16,18). The van der Waals surface area contributed by atoms with Crippen LogP contribution >= 0.6 is 11.3 Å². The van der Waals surface area contributed by atoms with Gasteiger partial charge in [-0.25, -0.2) is 13.2 Å². The Morgan fingerprint density at radius 1 is 1.42 bits per heavy atom. The number of nitrogens with zero attached hydrogens (tertiary/aromatic N) is 1. The van der Waals surface area contributed by atoms with Crippen molar-refractivity contribution in [3.63, 3.8) is 0 Å². The molecule has 0 spiro atoms. The number of amides is 1. The molecule has 3 heterocycles. The molecule has 2 aromatic heterocycles. The van der Waals surface area contributed by atoms with Crippen LogP contribution in [0.25, 0.3) is 0 Å². The summed E-state index contributed by atoms with van der Waals surface area (Å²) in [6, 6.07) is 3.07. The molecule has 128 valence electrons. The van der Waals surface area contributed by atoms with Crippen LogP contribution in [-0.4, -0.2) is 41.4 Å². The van der Waals surface area contributed by atoms with E-state index in [2.05, 4.69) is 10.3 Å². The fourth-order valence-corrected chi connectivity index (χ4v) is 4.91. The summed E-state index contributed by atoms with van der Waals surface area (Å²) in [5.41, 5.74) is -1.52. The zero-order valence-corrected chi connectivity index (χ0v) is 14.2. The molecule has 0 radical (unpaired) electrons. The average Bonchev–Trinajstić information content (AvgIpc) is 3.13. The van der Waals surface area contributed by atoms with Gasteiger partial charge < -0.3 is 10.3 Å². The Balaban J connectivity index is 1.85. The van der Waals surface area contributed by atoms with Crippen molar-refractivity contribution in [2.45, 2.75) is 19.0 Å². The Morgan fingerprint density at radius 3 is 2.83 bits per heavy atom. The number of aromatic amines is 1. The molecular formula is C14H15N3O5S2. The molecule has 1 atom stereocenters. The number of thiophene rings is 1. The zero-order valence-electron chi connectivity index (χ0n) is 12.5. The maximum absolute atomic E-state index is 12.4. The van der Waals surface area contributed by atoms with Crippen LogP contribution in [0.4, 0.5) is 0 Å². The minimum atomic E-state index is -3.14. The van der Waals surface area contributed by atoms with Crippen LogP contribution in [0, 0.1) is 0 Å². The van der Waals surface area contributed by atoms with E-state index >= 15 is 0 Å². The second-order valence-electron chi connectivity index (χ2n) is 5.55. The van der Waals surface area contributed by atoms with E-state index in [4.69, 9.17) is 0 Å². The van der Waals surface area contributed by atoms with Crippen LogP contribution in [0.2, 0.25) is 0 Å². The number of nitrogens with one attached hydrogen (secondary N) is 2. The van der Waals surface area contributed by atoms with Crippen LogP contribution < -0.4 is 16.6 Å². The fourth-order valence-electron chi connectivity index (χ4n) is 2.55. The molecule has 1 aliphatic heterocycles. The Kier molecular flexibility index (Phi) is 4.41. The molecule has 2 N–H and O–H groups in total. The van der Waals surface area contributed by atoms with Gasteiger partial charge in [0.25, 0.3) is 11.5 Å². The normalized spacial score (nSPS) is 19.2. The summed E-state index contributed by atoms with van der Waals surface area (Å²) < 4.78 is 23.8. The van der Waals surface area contributed by atoms with Crippen molar-refractivity contribution in [3.05, 3.63) is 55.0 Å². The SMILES string of the molecule is O=C(NC1CCS(=O)(=O)C1)c1c[nH]c(=O)n(Cc2cccs2)c1=O. The summed E-state index contributed by atoms with van der Waals surface area (Å²) in [4.78, 5) is 39.7. The number of rotatable bonds is 4.